The highest BCUT2D eigenvalue weighted by Gasteiger charge is 2.35. The van der Waals surface area contributed by atoms with Crippen LogP contribution >= 0.6 is 0 Å². The van der Waals surface area contributed by atoms with Crippen LogP contribution in [-0.2, 0) is 6.18 Å². The second kappa shape index (κ2) is 4.68. The molecule has 0 bridgehead atoms. The molecule has 0 aliphatic carbocycles. The predicted octanol–water partition coefficient (Wildman–Crippen LogP) is 2.53. The highest BCUT2D eigenvalue weighted by atomic mass is 19.4. The van der Waals surface area contributed by atoms with Gasteiger partial charge in [-0.05, 0) is 37.9 Å². The van der Waals surface area contributed by atoms with Crippen molar-refractivity contribution in [2.45, 2.75) is 31.9 Å². The number of hydrogen-bond acceptors (Lipinski definition) is 2. The van der Waals surface area contributed by atoms with E-state index in [0.717, 1.165) is 32.0 Å². The molecular formula is C11H16F3N3. The van der Waals surface area contributed by atoms with Crippen LogP contribution in [0.3, 0.4) is 0 Å². The van der Waals surface area contributed by atoms with E-state index in [-0.39, 0.29) is 5.92 Å². The van der Waals surface area contributed by atoms with Gasteiger partial charge in [0, 0.05) is 11.6 Å². The van der Waals surface area contributed by atoms with E-state index in [1.54, 1.807) is 0 Å². The molecule has 2 heterocycles. The summed E-state index contributed by atoms with van der Waals surface area (Å²) in [6, 6.07) is 1.13. The van der Waals surface area contributed by atoms with E-state index < -0.39 is 11.9 Å². The lowest BCUT2D eigenvalue weighted by atomic mass is 9.84. The van der Waals surface area contributed by atoms with Gasteiger partial charge in [-0.2, -0.15) is 18.3 Å². The number of aromatic nitrogens is 2. The maximum Gasteiger partial charge on any atom is 0.435 e. The van der Waals surface area contributed by atoms with Crippen LogP contribution in [0.2, 0.25) is 0 Å². The zero-order chi connectivity index (χ0) is 12.5. The number of H-pyrrole nitrogens is 1. The summed E-state index contributed by atoms with van der Waals surface area (Å²) in [6.45, 7) is 3.84. The van der Waals surface area contributed by atoms with Gasteiger partial charge in [0.25, 0.3) is 0 Å². The van der Waals surface area contributed by atoms with Gasteiger partial charge in [0.05, 0.1) is 0 Å². The summed E-state index contributed by atoms with van der Waals surface area (Å²) in [6.07, 6.45) is -2.36. The lowest BCUT2D eigenvalue weighted by Crippen LogP contribution is -2.30. The van der Waals surface area contributed by atoms with Gasteiger partial charge in [-0.25, -0.2) is 0 Å². The first-order valence-corrected chi connectivity index (χ1v) is 5.81. The molecule has 1 aromatic rings. The Bertz CT molecular complexity index is 366. The third kappa shape index (κ3) is 2.80. The van der Waals surface area contributed by atoms with Crippen LogP contribution < -0.4 is 5.32 Å². The molecule has 1 aromatic heterocycles. The smallest absolute Gasteiger partial charge is 0.317 e. The van der Waals surface area contributed by atoms with Crippen molar-refractivity contribution in [2.75, 3.05) is 13.1 Å². The summed E-state index contributed by atoms with van der Waals surface area (Å²) in [5.74, 6) is 0.526. The number of rotatable bonds is 2. The molecule has 2 rings (SSSR count). The number of piperidine rings is 1. The van der Waals surface area contributed by atoms with Gasteiger partial charge in [0.2, 0.25) is 0 Å². The van der Waals surface area contributed by atoms with Crippen molar-refractivity contribution in [2.24, 2.45) is 5.92 Å². The summed E-state index contributed by atoms with van der Waals surface area (Å²) in [5.41, 5.74) is -0.238. The van der Waals surface area contributed by atoms with Crippen molar-refractivity contribution in [3.63, 3.8) is 0 Å². The molecule has 1 fully saturated rings. The number of alkyl halides is 3. The average Bonchev–Trinajstić information content (AvgIpc) is 2.78. The number of halogens is 3. The molecule has 0 saturated carbocycles. The fraction of sp³-hybridized carbons (Fsp3) is 0.727. The van der Waals surface area contributed by atoms with Gasteiger partial charge < -0.3 is 5.32 Å². The lowest BCUT2D eigenvalue weighted by molar-refractivity contribution is -0.141. The Morgan fingerprint density at radius 3 is 2.53 bits per heavy atom. The van der Waals surface area contributed by atoms with Crippen LogP contribution in [0.1, 0.15) is 37.1 Å². The molecule has 96 valence electrons. The van der Waals surface area contributed by atoms with Crippen LogP contribution in [0.25, 0.3) is 0 Å². The molecule has 0 aromatic carbocycles. The topological polar surface area (TPSA) is 40.7 Å². The van der Waals surface area contributed by atoms with Crippen molar-refractivity contribution >= 4 is 0 Å². The minimum atomic E-state index is -4.36. The highest BCUT2D eigenvalue weighted by Crippen LogP contribution is 2.33. The van der Waals surface area contributed by atoms with E-state index >= 15 is 0 Å². The van der Waals surface area contributed by atoms with Crippen molar-refractivity contribution in [1.82, 2.24) is 15.5 Å². The van der Waals surface area contributed by atoms with Crippen molar-refractivity contribution in [3.8, 4) is 0 Å². The third-order valence-corrected chi connectivity index (χ3v) is 3.47. The van der Waals surface area contributed by atoms with Crippen molar-refractivity contribution in [1.29, 1.82) is 0 Å². The molecule has 2 N–H and O–H groups in total. The van der Waals surface area contributed by atoms with E-state index in [0.29, 0.717) is 11.6 Å². The molecule has 0 amide bonds. The van der Waals surface area contributed by atoms with Gasteiger partial charge >= 0.3 is 6.18 Å². The predicted molar refractivity (Wildman–Crippen MR) is 57.6 cm³/mol. The number of nitrogens with zero attached hydrogens (tertiary/aromatic N) is 1. The molecule has 0 radical (unpaired) electrons. The van der Waals surface area contributed by atoms with Crippen molar-refractivity contribution in [3.05, 3.63) is 17.5 Å². The maximum atomic E-state index is 12.4. The Hall–Kier alpha value is -1.04. The van der Waals surface area contributed by atoms with E-state index in [1.807, 2.05) is 6.92 Å². The normalized spacial score (nSPS) is 20.5. The van der Waals surface area contributed by atoms with E-state index in [9.17, 15) is 13.2 Å². The second-order valence-corrected chi connectivity index (χ2v) is 4.58. The third-order valence-electron chi connectivity index (χ3n) is 3.47. The van der Waals surface area contributed by atoms with Gasteiger partial charge in [0.1, 0.15) is 0 Å². The Morgan fingerprint density at radius 2 is 2.00 bits per heavy atom. The Labute approximate surface area is 97.8 Å². The lowest BCUT2D eigenvalue weighted by Gasteiger charge is -2.27. The average molecular weight is 247 g/mol. The van der Waals surface area contributed by atoms with E-state index in [1.165, 1.54) is 0 Å². The number of nitrogens with one attached hydrogen (secondary N) is 2. The summed E-state index contributed by atoms with van der Waals surface area (Å²) in [5, 5.41) is 9.10. The van der Waals surface area contributed by atoms with Crippen LogP contribution in [-0.4, -0.2) is 23.3 Å². The zero-order valence-electron chi connectivity index (χ0n) is 9.64. The number of aromatic amines is 1. The monoisotopic (exact) mass is 247 g/mol. The molecule has 17 heavy (non-hydrogen) atoms. The minimum Gasteiger partial charge on any atom is -0.317 e. The largest absolute Gasteiger partial charge is 0.435 e. The first-order chi connectivity index (χ1) is 7.98. The van der Waals surface area contributed by atoms with E-state index in [2.05, 4.69) is 15.5 Å². The quantitative estimate of drug-likeness (QED) is 0.843. The SMILES string of the molecule is CC(c1cc(C(F)(F)F)n[nH]1)C1CCNCC1. The van der Waals surface area contributed by atoms with Gasteiger partial charge in [-0.15, -0.1) is 0 Å². The molecule has 1 unspecified atom stereocenters. The summed E-state index contributed by atoms with van der Waals surface area (Å²) >= 11 is 0. The van der Waals surface area contributed by atoms with E-state index in [4.69, 9.17) is 0 Å². The van der Waals surface area contributed by atoms with Crippen LogP contribution in [0.4, 0.5) is 13.2 Å². The van der Waals surface area contributed by atoms with Crippen LogP contribution in [0.15, 0.2) is 6.07 Å². The molecule has 1 atom stereocenters. The van der Waals surface area contributed by atoms with Crippen LogP contribution in [0.5, 0.6) is 0 Å². The Balaban J connectivity index is 2.08. The fourth-order valence-corrected chi connectivity index (χ4v) is 2.31. The molecule has 0 spiro atoms. The maximum absolute atomic E-state index is 12.4. The molecule has 1 aliphatic rings. The molecular weight excluding hydrogens is 231 g/mol. The van der Waals surface area contributed by atoms with Crippen molar-refractivity contribution < 1.29 is 13.2 Å². The molecule has 6 heteroatoms. The Kier molecular flexibility index (Phi) is 3.42. The zero-order valence-corrected chi connectivity index (χ0v) is 9.64. The first kappa shape index (κ1) is 12.4. The van der Waals surface area contributed by atoms with Gasteiger partial charge in [0.15, 0.2) is 5.69 Å². The summed E-state index contributed by atoms with van der Waals surface area (Å²) < 4.78 is 37.2. The standard InChI is InChI=1S/C11H16F3N3/c1-7(8-2-4-15-5-3-8)9-6-10(17-16-9)11(12,13)14/h6-8,15H,2-5H2,1H3,(H,16,17). The second-order valence-electron chi connectivity index (χ2n) is 4.58. The molecule has 1 saturated heterocycles. The first-order valence-electron chi connectivity index (χ1n) is 5.81. The highest BCUT2D eigenvalue weighted by molar-refractivity contribution is 5.15. The fourth-order valence-electron chi connectivity index (χ4n) is 2.31. The van der Waals surface area contributed by atoms with Gasteiger partial charge in [-0.3, -0.25) is 5.10 Å². The molecule has 3 nitrogen and oxygen atoms in total. The summed E-state index contributed by atoms with van der Waals surface area (Å²) in [7, 11) is 0. The number of hydrogen-bond donors (Lipinski definition) is 2. The Morgan fingerprint density at radius 1 is 1.35 bits per heavy atom. The molecule has 1 aliphatic heterocycles. The van der Waals surface area contributed by atoms with Crippen LogP contribution in [0, 0.1) is 5.92 Å². The minimum absolute atomic E-state index is 0.0979. The van der Waals surface area contributed by atoms with Gasteiger partial charge in [-0.1, -0.05) is 6.92 Å². The summed E-state index contributed by atoms with van der Waals surface area (Å²) in [4.78, 5) is 0.